The molecule has 1 N–H and O–H groups in total. The zero-order chi connectivity index (χ0) is 16.1. The van der Waals surface area contributed by atoms with E-state index in [2.05, 4.69) is 77.9 Å². The Morgan fingerprint density at radius 3 is 2.83 bits per heavy atom. The molecular weight excluding hydrogens is 294 g/mol. The van der Waals surface area contributed by atoms with Gasteiger partial charge in [0.25, 0.3) is 0 Å². The third kappa shape index (κ3) is 2.01. The predicted molar refractivity (Wildman–Crippen MR) is 97.4 cm³/mol. The maximum Gasteiger partial charge on any atom is 0.137 e. The molecule has 3 nitrogen and oxygen atoms in total. The normalized spacial score (nSPS) is 29.8. The zero-order valence-corrected chi connectivity index (χ0v) is 13.8. The topological polar surface area (TPSA) is 27.6 Å². The lowest BCUT2D eigenvalue weighted by Gasteiger charge is -2.41. The van der Waals surface area contributed by atoms with Crippen molar-refractivity contribution >= 4 is 5.84 Å². The second-order valence-corrected chi connectivity index (χ2v) is 6.92. The van der Waals surface area contributed by atoms with Gasteiger partial charge < -0.3 is 10.2 Å². The fraction of sp³-hybridized carbons (Fsp3) is 0.286. The minimum absolute atomic E-state index is 0.213. The molecule has 1 aromatic carbocycles. The van der Waals surface area contributed by atoms with E-state index in [1.807, 2.05) is 0 Å². The van der Waals surface area contributed by atoms with Crippen LogP contribution in [0, 0.1) is 12.8 Å². The van der Waals surface area contributed by atoms with E-state index in [1.54, 1.807) is 0 Å². The molecule has 3 heteroatoms. The molecule has 2 aliphatic heterocycles. The second-order valence-electron chi connectivity index (χ2n) is 6.92. The smallest absolute Gasteiger partial charge is 0.137 e. The maximum atomic E-state index is 5.13. The van der Waals surface area contributed by atoms with Crippen LogP contribution < -0.4 is 5.32 Å². The Morgan fingerprint density at radius 2 is 1.96 bits per heavy atom. The molecule has 0 fully saturated rings. The number of benzene rings is 1. The summed E-state index contributed by atoms with van der Waals surface area (Å²) < 4.78 is 0. The van der Waals surface area contributed by atoms with E-state index in [9.17, 15) is 0 Å². The highest BCUT2D eigenvalue weighted by molar-refractivity contribution is 6.01. The van der Waals surface area contributed by atoms with E-state index in [-0.39, 0.29) is 12.2 Å². The van der Waals surface area contributed by atoms with Gasteiger partial charge in [-0.3, -0.25) is 4.99 Å². The average molecular weight is 315 g/mol. The highest BCUT2D eigenvalue weighted by Crippen LogP contribution is 2.38. The van der Waals surface area contributed by atoms with E-state index >= 15 is 0 Å². The molecule has 1 aromatic rings. The van der Waals surface area contributed by atoms with Crippen molar-refractivity contribution in [2.45, 2.75) is 32.0 Å². The van der Waals surface area contributed by atoms with E-state index in [1.165, 1.54) is 22.5 Å². The number of nitrogens with one attached hydrogen (secondary N) is 1. The van der Waals surface area contributed by atoms with Gasteiger partial charge in [-0.05, 0) is 25.8 Å². The number of hydrogen-bond acceptors (Lipinski definition) is 3. The van der Waals surface area contributed by atoms with Crippen molar-refractivity contribution < 1.29 is 0 Å². The van der Waals surface area contributed by atoms with Crippen molar-refractivity contribution in [1.82, 2.24) is 10.2 Å². The first-order chi connectivity index (χ1) is 11.8. The molecule has 4 aliphatic rings. The average Bonchev–Trinajstić information content (AvgIpc) is 3.02. The van der Waals surface area contributed by atoms with Crippen LogP contribution in [0.5, 0.6) is 0 Å². The summed E-state index contributed by atoms with van der Waals surface area (Å²) in [7, 11) is 0. The van der Waals surface area contributed by atoms with Crippen LogP contribution in [0.15, 0.2) is 77.1 Å². The van der Waals surface area contributed by atoms with Crippen LogP contribution in [-0.2, 0) is 0 Å². The molecule has 0 radical (unpaired) electrons. The number of rotatable bonds is 1. The van der Waals surface area contributed by atoms with Crippen LogP contribution in [0.1, 0.15) is 24.0 Å². The second kappa shape index (κ2) is 5.23. The summed E-state index contributed by atoms with van der Waals surface area (Å²) in [5, 5.41) is 3.79. The number of hydrogen-bond donors (Lipinski definition) is 1. The molecule has 0 bridgehead atoms. The monoisotopic (exact) mass is 315 g/mol. The quantitative estimate of drug-likeness (QED) is 0.856. The number of allylic oxidation sites excluding steroid dienone is 5. The van der Waals surface area contributed by atoms with Crippen LogP contribution in [0.4, 0.5) is 0 Å². The highest BCUT2D eigenvalue weighted by atomic mass is 15.4. The molecule has 120 valence electrons. The summed E-state index contributed by atoms with van der Waals surface area (Å²) >= 11 is 0. The molecule has 0 aromatic heterocycles. The number of aryl methyl sites for hydroxylation is 1. The Labute approximate surface area is 142 Å². The van der Waals surface area contributed by atoms with Gasteiger partial charge in [-0.25, -0.2) is 0 Å². The first-order valence-corrected chi connectivity index (χ1v) is 8.76. The van der Waals surface area contributed by atoms with Crippen molar-refractivity contribution in [3.05, 3.63) is 83.2 Å². The molecule has 5 rings (SSSR count). The lowest BCUT2D eigenvalue weighted by Crippen LogP contribution is -2.53. The molecule has 2 heterocycles. The predicted octanol–water partition coefficient (Wildman–Crippen LogP) is 3.66. The standard InChI is InChI=1S/C21H21N3/c1-14-10-12-15(13-11-14)20-22-17-7-3-2-6-16(17)21-23-18-8-4-5-9-19(18)24(20)21/h2-3,5-7,9-13,16-17,21,23H,4,8H2,1H3/t16?,17?,21-/m1/s1. The van der Waals surface area contributed by atoms with Gasteiger partial charge in [0.1, 0.15) is 12.0 Å². The number of fused-ring (bicyclic) bond motifs is 4. The summed E-state index contributed by atoms with van der Waals surface area (Å²) in [4.78, 5) is 7.55. The Bertz CT molecular complexity index is 823. The van der Waals surface area contributed by atoms with Crippen LogP contribution in [0.25, 0.3) is 0 Å². The van der Waals surface area contributed by atoms with Crippen LogP contribution in [0.2, 0.25) is 0 Å². The molecule has 3 atom stereocenters. The summed E-state index contributed by atoms with van der Waals surface area (Å²) in [6.07, 6.45) is 15.8. The first kappa shape index (κ1) is 13.8. The third-order valence-corrected chi connectivity index (χ3v) is 5.33. The lowest BCUT2D eigenvalue weighted by atomic mass is 9.89. The van der Waals surface area contributed by atoms with Gasteiger partial charge in [0, 0.05) is 17.2 Å². The number of amidine groups is 1. The zero-order valence-electron chi connectivity index (χ0n) is 13.8. The first-order valence-electron chi connectivity index (χ1n) is 8.76. The number of nitrogens with zero attached hydrogens (tertiary/aromatic N) is 2. The van der Waals surface area contributed by atoms with Gasteiger partial charge in [0.15, 0.2) is 0 Å². The lowest BCUT2D eigenvalue weighted by molar-refractivity contribution is 0.266. The summed E-state index contributed by atoms with van der Waals surface area (Å²) in [5.41, 5.74) is 5.14. The molecule has 2 aliphatic carbocycles. The fourth-order valence-electron chi connectivity index (χ4n) is 4.08. The Balaban J connectivity index is 1.65. The van der Waals surface area contributed by atoms with E-state index in [4.69, 9.17) is 4.99 Å². The number of aliphatic imine (C=N–C) groups is 1. The van der Waals surface area contributed by atoms with Gasteiger partial charge in [-0.15, -0.1) is 0 Å². The summed E-state index contributed by atoms with van der Waals surface area (Å²) in [6.45, 7) is 2.13. The van der Waals surface area contributed by atoms with Crippen molar-refractivity contribution in [1.29, 1.82) is 0 Å². The Morgan fingerprint density at radius 1 is 1.12 bits per heavy atom. The molecule has 0 spiro atoms. The van der Waals surface area contributed by atoms with Gasteiger partial charge >= 0.3 is 0 Å². The SMILES string of the molecule is Cc1ccc(C2=NC3C=CC=CC3[C@@H]3NC4=C(C=CCC4)N23)cc1. The Hall–Kier alpha value is -2.55. The van der Waals surface area contributed by atoms with Gasteiger partial charge in [0.05, 0.1) is 11.7 Å². The third-order valence-electron chi connectivity index (χ3n) is 5.33. The largest absolute Gasteiger partial charge is 0.366 e. The molecular formula is C21H21N3. The van der Waals surface area contributed by atoms with Crippen molar-refractivity contribution in [3.63, 3.8) is 0 Å². The van der Waals surface area contributed by atoms with Gasteiger partial charge in [0.2, 0.25) is 0 Å². The van der Waals surface area contributed by atoms with E-state index in [0.717, 1.165) is 18.7 Å². The highest BCUT2D eigenvalue weighted by Gasteiger charge is 2.44. The van der Waals surface area contributed by atoms with Crippen molar-refractivity contribution in [2.24, 2.45) is 10.9 Å². The van der Waals surface area contributed by atoms with Gasteiger partial charge in [-0.2, -0.15) is 0 Å². The molecule has 0 amide bonds. The van der Waals surface area contributed by atoms with E-state index < -0.39 is 0 Å². The van der Waals surface area contributed by atoms with Crippen molar-refractivity contribution in [3.8, 4) is 0 Å². The Kier molecular flexibility index (Phi) is 3.02. The molecule has 0 saturated heterocycles. The summed E-state index contributed by atoms with van der Waals surface area (Å²) in [6, 6.07) is 8.94. The van der Waals surface area contributed by atoms with Crippen molar-refractivity contribution in [2.75, 3.05) is 0 Å². The fourth-order valence-corrected chi connectivity index (χ4v) is 4.08. The van der Waals surface area contributed by atoms with Crippen LogP contribution in [0.3, 0.4) is 0 Å². The van der Waals surface area contributed by atoms with Gasteiger partial charge in [-0.1, -0.05) is 60.2 Å². The van der Waals surface area contributed by atoms with Crippen LogP contribution >= 0.6 is 0 Å². The van der Waals surface area contributed by atoms with E-state index in [0.29, 0.717) is 5.92 Å². The molecule has 0 saturated carbocycles. The minimum Gasteiger partial charge on any atom is -0.366 e. The molecule has 2 unspecified atom stereocenters. The van der Waals surface area contributed by atoms with Crippen LogP contribution in [-0.4, -0.2) is 22.9 Å². The maximum absolute atomic E-state index is 5.13. The summed E-state index contributed by atoms with van der Waals surface area (Å²) in [5.74, 6) is 1.47. The minimum atomic E-state index is 0.213. The molecule has 24 heavy (non-hydrogen) atoms.